The lowest BCUT2D eigenvalue weighted by atomic mass is 9.81. The van der Waals surface area contributed by atoms with Crippen molar-refractivity contribution in [1.29, 1.82) is 0 Å². The lowest BCUT2D eigenvalue weighted by molar-refractivity contribution is -0.142. The fraction of sp³-hybridized carbons (Fsp3) is 0.462. The van der Waals surface area contributed by atoms with Crippen molar-refractivity contribution in [2.45, 2.75) is 32.1 Å². The molecule has 0 radical (unpaired) electrons. The Morgan fingerprint density at radius 1 is 1.50 bits per heavy atom. The third-order valence-electron chi connectivity index (χ3n) is 3.22. The van der Waals surface area contributed by atoms with Gasteiger partial charge in [-0.25, -0.2) is 0 Å². The van der Waals surface area contributed by atoms with Crippen LogP contribution >= 0.6 is 0 Å². The largest absolute Gasteiger partial charge is 0.469 e. The molecule has 2 N–H and O–H groups in total. The number of aryl methyl sites for hydroxylation is 2. The average Bonchev–Trinajstić information content (AvgIpc) is 2.26. The molecule has 1 aliphatic carbocycles. The standard InChI is InChI=1S/C13H17NO2/c1-8-6-9-4-3-5-10(13(15)16-2)12(9)11(14)7-8/h6-7,10H,3-5,14H2,1-2H3. The maximum Gasteiger partial charge on any atom is 0.313 e. The van der Waals surface area contributed by atoms with Crippen LogP contribution in [0.15, 0.2) is 12.1 Å². The number of methoxy groups -OCH3 is 1. The number of fused-ring (bicyclic) bond motifs is 1. The maximum atomic E-state index is 11.7. The van der Waals surface area contributed by atoms with Crippen LogP contribution in [0.5, 0.6) is 0 Å². The molecule has 0 spiro atoms. The van der Waals surface area contributed by atoms with Gasteiger partial charge in [-0.2, -0.15) is 0 Å². The first kappa shape index (κ1) is 11.0. The average molecular weight is 219 g/mol. The van der Waals surface area contributed by atoms with Crippen LogP contribution in [0, 0.1) is 6.92 Å². The summed E-state index contributed by atoms with van der Waals surface area (Å²) in [6.45, 7) is 2.03. The number of hydrogen-bond acceptors (Lipinski definition) is 3. The van der Waals surface area contributed by atoms with Crippen molar-refractivity contribution in [2.24, 2.45) is 0 Å². The molecule has 0 fully saturated rings. The Morgan fingerprint density at radius 3 is 2.94 bits per heavy atom. The molecule has 0 saturated heterocycles. The van der Waals surface area contributed by atoms with Crippen LogP contribution in [0.2, 0.25) is 0 Å². The van der Waals surface area contributed by atoms with E-state index in [0.717, 1.165) is 36.1 Å². The van der Waals surface area contributed by atoms with E-state index >= 15 is 0 Å². The summed E-state index contributed by atoms with van der Waals surface area (Å²) in [4.78, 5) is 11.7. The van der Waals surface area contributed by atoms with E-state index in [1.807, 2.05) is 13.0 Å². The number of hydrogen-bond donors (Lipinski definition) is 1. The van der Waals surface area contributed by atoms with E-state index in [2.05, 4.69) is 6.07 Å². The minimum absolute atomic E-state index is 0.170. The third kappa shape index (κ3) is 1.77. The Morgan fingerprint density at radius 2 is 2.25 bits per heavy atom. The van der Waals surface area contributed by atoms with Gasteiger partial charge < -0.3 is 10.5 Å². The van der Waals surface area contributed by atoms with Crippen LogP contribution in [0.1, 0.15) is 35.4 Å². The summed E-state index contributed by atoms with van der Waals surface area (Å²) in [5.41, 5.74) is 10.1. The Hall–Kier alpha value is -1.51. The normalized spacial score (nSPS) is 19.0. The summed E-state index contributed by atoms with van der Waals surface area (Å²) in [6, 6.07) is 4.06. The van der Waals surface area contributed by atoms with Gasteiger partial charge in [-0.05, 0) is 48.9 Å². The van der Waals surface area contributed by atoms with Crippen LogP contribution in [-0.4, -0.2) is 13.1 Å². The number of ether oxygens (including phenoxy) is 1. The Bertz CT molecular complexity index is 426. The first-order valence-electron chi connectivity index (χ1n) is 5.60. The number of esters is 1. The SMILES string of the molecule is COC(=O)C1CCCc2cc(C)cc(N)c21. The smallest absolute Gasteiger partial charge is 0.313 e. The van der Waals surface area contributed by atoms with E-state index in [0.29, 0.717) is 0 Å². The van der Waals surface area contributed by atoms with Gasteiger partial charge >= 0.3 is 5.97 Å². The van der Waals surface area contributed by atoms with E-state index in [1.54, 1.807) is 0 Å². The molecule has 0 bridgehead atoms. The van der Waals surface area contributed by atoms with E-state index in [-0.39, 0.29) is 11.9 Å². The molecule has 0 amide bonds. The lowest BCUT2D eigenvalue weighted by Gasteiger charge is -2.25. The van der Waals surface area contributed by atoms with Crippen molar-refractivity contribution in [1.82, 2.24) is 0 Å². The molecule has 16 heavy (non-hydrogen) atoms. The van der Waals surface area contributed by atoms with Crippen LogP contribution in [0.25, 0.3) is 0 Å². The first-order chi connectivity index (χ1) is 7.63. The van der Waals surface area contributed by atoms with E-state index in [9.17, 15) is 4.79 Å². The summed E-state index contributed by atoms with van der Waals surface area (Å²) in [6.07, 6.45) is 2.87. The first-order valence-corrected chi connectivity index (χ1v) is 5.60. The van der Waals surface area contributed by atoms with Crippen LogP contribution in [0.3, 0.4) is 0 Å². The molecule has 3 nitrogen and oxygen atoms in total. The van der Waals surface area contributed by atoms with Gasteiger partial charge in [0.25, 0.3) is 0 Å². The van der Waals surface area contributed by atoms with Gasteiger partial charge in [0.1, 0.15) is 0 Å². The second-order valence-corrected chi connectivity index (χ2v) is 4.39. The number of carbonyl (C=O) groups is 1. The third-order valence-corrected chi connectivity index (χ3v) is 3.22. The maximum absolute atomic E-state index is 11.7. The minimum atomic E-state index is -0.172. The molecule has 1 aromatic carbocycles. The van der Waals surface area contributed by atoms with Crippen molar-refractivity contribution in [3.05, 3.63) is 28.8 Å². The molecular weight excluding hydrogens is 202 g/mol. The lowest BCUT2D eigenvalue weighted by Crippen LogP contribution is -2.21. The molecule has 3 heteroatoms. The fourth-order valence-corrected chi connectivity index (χ4v) is 2.55. The zero-order valence-corrected chi connectivity index (χ0v) is 9.75. The number of anilines is 1. The quantitative estimate of drug-likeness (QED) is 0.581. The summed E-state index contributed by atoms with van der Waals surface area (Å²) >= 11 is 0. The summed E-state index contributed by atoms with van der Waals surface area (Å²) in [5.74, 6) is -0.342. The molecule has 2 rings (SSSR count). The van der Waals surface area contributed by atoms with Gasteiger partial charge in [0.05, 0.1) is 13.0 Å². The Balaban J connectivity index is 2.49. The predicted octanol–water partition coefficient (Wildman–Crippen LogP) is 2.17. The second kappa shape index (κ2) is 4.16. The minimum Gasteiger partial charge on any atom is -0.469 e. The molecule has 1 aromatic rings. The van der Waals surface area contributed by atoms with Crippen molar-refractivity contribution in [3.8, 4) is 0 Å². The van der Waals surface area contributed by atoms with Gasteiger partial charge in [0.2, 0.25) is 0 Å². The molecule has 0 aromatic heterocycles. The summed E-state index contributed by atoms with van der Waals surface area (Å²) < 4.78 is 4.84. The highest BCUT2D eigenvalue weighted by Gasteiger charge is 2.29. The van der Waals surface area contributed by atoms with Crippen LogP contribution in [0.4, 0.5) is 5.69 Å². The van der Waals surface area contributed by atoms with E-state index < -0.39 is 0 Å². The number of benzene rings is 1. The highest BCUT2D eigenvalue weighted by atomic mass is 16.5. The van der Waals surface area contributed by atoms with Gasteiger partial charge in [-0.15, -0.1) is 0 Å². The van der Waals surface area contributed by atoms with Gasteiger partial charge in [-0.1, -0.05) is 6.07 Å². The molecule has 0 heterocycles. The summed E-state index contributed by atoms with van der Waals surface area (Å²) in [7, 11) is 1.43. The van der Waals surface area contributed by atoms with Crippen LogP contribution in [-0.2, 0) is 16.0 Å². The van der Waals surface area contributed by atoms with E-state index in [4.69, 9.17) is 10.5 Å². The van der Waals surface area contributed by atoms with Gasteiger partial charge in [0, 0.05) is 5.69 Å². The molecule has 86 valence electrons. The Kier molecular flexibility index (Phi) is 2.86. The fourth-order valence-electron chi connectivity index (χ4n) is 2.55. The predicted molar refractivity (Wildman–Crippen MR) is 63.3 cm³/mol. The number of nitrogens with two attached hydrogens (primary N) is 1. The highest BCUT2D eigenvalue weighted by molar-refractivity contribution is 5.81. The van der Waals surface area contributed by atoms with Crippen molar-refractivity contribution in [3.63, 3.8) is 0 Å². The number of rotatable bonds is 1. The second-order valence-electron chi connectivity index (χ2n) is 4.39. The summed E-state index contributed by atoms with van der Waals surface area (Å²) in [5, 5.41) is 0. The van der Waals surface area contributed by atoms with Crippen molar-refractivity contribution < 1.29 is 9.53 Å². The van der Waals surface area contributed by atoms with Crippen molar-refractivity contribution in [2.75, 3.05) is 12.8 Å². The number of nitrogen functional groups attached to an aromatic ring is 1. The van der Waals surface area contributed by atoms with Gasteiger partial charge in [0.15, 0.2) is 0 Å². The van der Waals surface area contributed by atoms with Crippen LogP contribution < -0.4 is 5.73 Å². The molecular formula is C13H17NO2. The molecule has 1 atom stereocenters. The zero-order chi connectivity index (χ0) is 11.7. The molecule has 0 aliphatic heterocycles. The van der Waals surface area contributed by atoms with Crippen molar-refractivity contribution >= 4 is 11.7 Å². The Labute approximate surface area is 95.6 Å². The van der Waals surface area contributed by atoms with Gasteiger partial charge in [-0.3, -0.25) is 4.79 Å². The van der Waals surface area contributed by atoms with E-state index in [1.165, 1.54) is 12.7 Å². The topological polar surface area (TPSA) is 52.3 Å². The molecule has 1 unspecified atom stereocenters. The molecule has 0 saturated carbocycles. The molecule has 1 aliphatic rings. The number of carbonyl (C=O) groups excluding carboxylic acids is 1. The highest BCUT2D eigenvalue weighted by Crippen LogP contribution is 2.36. The zero-order valence-electron chi connectivity index (χ0n) is 9.75. The monoisotopic (exact) mass is 219 g/mol.